The molecular weight excluding hydrogens is 202 g/mol. The lowest BCUT2D eigenvalue weighted by Crippen LogP contribution is -2.15. The monoisotopic (exact) mass is 215 g/mol. The van der Waals surface area contributed by atoms with Gasteiger partial charge in [0.2, 0.25) is 0 Å². The quantitative estimate of drug-likeness (QED) is 0.832. The number of amides is 1. The Balaban J connectivity index is 2.14. The van der Waals surface area contributed by atoms with E-state index in [1.54, 1.807) is 24.0 Å². The number of nitrogens with one attached hydrogen (secondary N) is 1. The number of hydrogen-bond donors (Lipinski definition) is 1. The minimum atomic E-state index is -0.149. The molecule has 0 saturated carbocycles. The van der Waals surface area contributed by atoms with Crippen LogP contribution in [0.1, 0.15) is 16.1 Å². The molecule has 1 N–H and O–H groups in total. The molecule has 0 aliphatic heterocycles. The average molecular weight is 215 g/mol. The van der Waals surface area contributed by atoms with E-state index < -0.39 is 0 Å². The van der Waals surface area contributed by atoms with E-state index in [4.69, 9.17) is 0 Å². The van der Waals surface area contributed by atoms with Crippen LogP contribution in [0.3, 0.4) is 0 Å². The van der Waals surface area contributed by atoms with Crippen LogP contribution in [0.15, 0.2) is 36.5 Å². The van der Waals surface area contributed by atoms with Crippen LogP contribution < -0.4 is 5.32 Å². The highest BCUT2D eigenvalue weighted by molar-refractivity contribution is 6.02. The van der Waals surface area contributed by atoms with Crippen LogP contribution in [0.25, 0.3) is 0 Å². The molecule has 0 spiro atoms. The van der Waals surface area contributed by atoms with E-state index >= 15 is 0 Å². The fourth-order valence-corrected chi connectivity index (χ4v) is 1.43. The van der Waals surface area contributed by atoms with Gasteiger partial charge in [0.15, 0.2) is 0 Å². The molecule has 1 aromatic carbocycles. The van der Waals surface area contributed by atoms with E-state index in [9.17, 15) is 4.79 Å². The number of hydrogen-bond acceptors (Lipinski definition) is 2. The second kappa shape index (κ2) is 4.18. The van der Waals surface area contributed by atoms with Gasteiger partial charge < -0.3 is 5.32 Å². The largest absolute Gasteiger partial charge is 0.321 e. The molecule has 0 bridgehead atoms. The highest BCUT2D eigenvalue weighted by Crippen LogP contribution is 2.10. The fraction of sp³-hybridized carbons (Fsp3) is 0.167. The van der Waals surface area contributed by atoms with Crippen LogP contribution >= 0.6 is 0 Å². The maximum absolute atomic E-state index is 11.8. The second-order valence-corrected chi connectivity index (χ2v) is 3.66. The van der Waals surface area contributed by atoms with Gasteiger partial charge in [-0.3, -0.25) is 9.48 Å². The molecule has 1 aromatic heterocycles. The van der Waals surface area contributed by atoms with Crippen LogP contribution in [0, 0.1) is 6.92 Å². The Kier molecular flexibility index (Phi) is 2.72. The number of anilines is 1. The number of carbonyl (C=O) groups is 1. The van der Waals surface area contributed by atoms with Crippen molar-refractivity contribution in [3.63, 3.8) is 0 Å². The van der Waals surface area contributed by atoms with Crippen LogP contribution in [0.4, 0.5) is 5.69 Å². The summed E-state index contributed by atoms with van der Waals surface area (Å²) in [6.07, 6.45) is 1.60. The summed E-state index contributed by atoms with van der Waals surface area (Å²) in [5.74, 6) is -0.149. The van der Waals surface area contributed by atoms with Crippen molar-refractivity contribution >= 4 is 11.6 Å². The normalized spacial score (nSPS) is 10.1. The van der Waals surface area contributed by atoms with Crippen molar-refractivity contribution in [3.8, 4) is 0 Å². The first-order valence-electron chi connectivity index (χ1n) is 5.03. The van der Waals surface area contributed by atoms with E-state index in [-0.39, 0.29) is 5.91 Å². The Bertz CT molecular complexity index is 499. The summed E-state index contributed by atoms with van der Waals surface area (Å²) in [5.41, 5.74) is 2.50. The minimum Gasteiger partial charge on any atom is -0.321 e. The Labute approximate surface area is 93.9 Å². The molecule has 82 valence electrons. The van der Waals surface area contributed by atoms with Gasteiger partial charge in [-0.15, -0.1) is 0 Å². The minimum absolute atomic E-state index is 0.149. The Morgan fingerprint density at radius 3 is 2.50 bits per heavy atom. The zero-order valence-electron chi connectivity index (χ0n) is 9.27. The van der Waals surface area contributed by atoms with Gasteiger partial charge in [-0.25, -0.2) is 0 Å². The van der Waals surface area contributed by atoms with Gasteiger partial charge in [-0.05, 0) is 25.1 Å². The molecule has 0 aliphatic rings. The van der Waals surface area contributed by atoms with Gasteiger partial charge in [0.25, 0.3) is 5.91 Å². The Morgan fingerprint density at radius 1 is 1.25 bits per heavy atom. The number of nitrogens with zero attached hydrogens (tertiary/aromatic N) is 2. The van der Waals surface area contributed by atoms with Gasteiger partial charge in [0, 0.05) is 18.9 Å². The topological polar surface area (TPSA) is 46.9 Å². The first kappa shape index (κ1) is 10.4. The maximum atomic E-state index is 11.8. The lowest BCUT2D eigenvalue weighted by molar-refractivity contribution is 0.101. The van der Waals surface area contributed by atoms with E-state index in [1.165, 1.54) is 5.56 Å². The SMILES string of the molecule is Cc1ccc(NC(=O)c2ccnn2C)cc1. The summed E-state index contributed by atoms with van der Waals surface area (Å²) in [5, 5.41) is 6.76. The average Bonchev–Trinajstić information content (AvgIpc) is 2.68. The molecule has 0 aliphatic carbocycles. The first-order chi connectivity index (χ1) is 7.66. The lowest BCUT2D eigenvalue weighted by Gasteiger charge is -2.05. The van der Waals surface area contributed by atoms with E-state index in [0.717, 1.165) is 5.69 Å². The summed E-state index contributed by atoms with van der Waals surface area (Å²) in [6, 6.07) is 9.36. The van der Waals surface area contributed by atoms with Crippen molar-refractivity contribution in [2.45, 2.75) is 6.92 Å². The zero-order valence-corrected chi connectivity index (χ0v) is 9.27. The number of aryl methyl sites for hydroxylation is 2. The third kappa shape index (κ3) is 2.11. The van der Waals surface area contributed by atoms with E-state index in [0.29, 0.717) is 5.69 Å². The fourth-order valence-electron chi connectivity index (χ4n) is 1.43. The summed E-state index contributed by atoms with van der Waals surface area (Å²) < 4.78 is 1.55. The first-order valence-corrected chi connectivity index (χ1v) is 5.03. The number of carbonyl (C=O) groups excluding carboxylic acids is 1. The smallest absolute Gasteiger partial charge is 0.273 e. The van der Waals surface area contributed by atoms with Crippen molar-refractivity contribution in [1.29, 1.82) is 0 Å². The number of benzene rings is 1. The molecule has 2 rings (SSSR count). The molecule has 1 heterocycles. The molecule has 16 heavy (non-hydrogen) atoms. The third-order valence-electron chi connectivity index (χ3n) is 2.36. The lowest BCUT2D eigenvalue weighted by atomic mass is 10.2. The van der Waals surface area contributed by atoms with Crippen molar-refractivity contribution in [3.05, 3.63) is 47.8 Å². The van der Waals surface area contributed by atoms with Crippen LogP contribution in [0.5, 0.6) is 0 Å². The molecule has 1 amide bonds. The summed E-state index contributed by atoms with van der Waals surface area (Å²) in [6.45, 7) is 2.01. The molecular formula is C12H13N3O. The summed E-state index contributed by atoms with van der Waals surface area (Å²) in [4.78, 5) is 11.8. The second-order valence-electron chi connectivity index (χ2n) is 3.66. The van der Waals surface area contributed by atoms with Gasteiger partial charge >= 0.3 is 0 Å². The molecule has 0 fully saturated rings. The van der Waals surface area contributed by atoms with Gasteiger partial charge in [0.1, 0.15) is 5.69 Å². The molecule has 4 nitrogen and oxygen atoms in total. The van der Waals surface area contributed by atoms with Crippen molar-refractivity contribution in [2.24, 2.45) is 7.05 Å². The van der Waals surface area contributed by atoms with Crippen molar-refractivity contribution in [2.75, 3.05) is 5.32 Å². The van der Waals surface area contributed by atoms with Crippen LogP contribution in [0.2, 0.25) is 0 Å². The molecule has 0 atom stereocenters. The van der Waals surface area contributed by atoms with E-state index in [2.05, 4.69) is 10.4 Å². The molecule has 0 radical (unpaired) electrons. The zero-order chi connectivity index (χ0) is 11.5. The number of rotatable bonds is 2. The van der Waals surface area contributed by atoms with Gasteiger partial charge in [-0.1, -0.05) is 17.7 Å². The van der Waals surface area contributed by atoms with Crippen LogP contribution in [-0.4, -0.2) is 15.7 Å². The maximum Gasteiger partial charge on any atom is 0.273 e. The van der Waals surface area contributed by atoms with E-state index in [1.807, 2.05) is 31.2 Å². The van der Waals surface area contributed by atoms with Gasteiger partial charge in [-0.2, -0.15) is 5.10 Å². The highest BCUT2D eigenvalue weighted by atomic mass is 16.2. The molecule has 4 heteroatoms. The predicted molar refractivity (Wildman–Crippen MR) is 62.3 cm³/mol. The summed E-state index contributed by atoms with van der Waals surface area (Å²) in [7, 11) is 1.74. The highest BCUT2D eigenvalue weighted by Gasteiger charge is 2.09. The molecule has 0 saturated heterocycles. The molecule has 2 aromatic rings. The van der Waals surface area contributed by atoms with Gasteiger partial charge in [0.05, 0.1) is 0 Å². The Hall–Kier alpha value is -2.10. The van der Waals surface area contributed by atoms with Crippen molar-refractivity contribution < 1.29 is 4.79 Å². The number of aromatic nitrogens is 2. The third-order valence-corrected chi connectivity index (χ3v) is 2.36. The Morgan fingerprint density at radius 2 is 1.94 bits per heavy atom. The molecule has 0 unspecified atom stereocenters. The predicted octanol–water partition coefficient (Wildman–Crippen LogP) is 1.98. The van der Waals surface area contributed by atoms with Crippen molar-refractivity contribution in [1.82, 2.24) is 9.78 Å². The van der Waals surface area contributed by atoms with Crippen LogP contribution in [-0.2, 0) is 7.05 Å². The summed E-state index contributed by atoms with van der Waals surface area (Å²) >= 11 is 0. The standard InChI is InChI=1S/C12H13N3O/c1-9-3-5-10(6-4-9)14-12(16)11-7-8-13-15(11)2/h3-8H,1-2H3,(H,14,16).